The Bertz CT molecular complexity index is 349. The van der Waals surface area contributed by atoms with Crippen molar-refractivity contribution in [2.75, 3.05) is 25.0 Å². The second-order valence-corrected chi connectivity index (χ2v) is 3.60. The van der Waals surface area contributed by atoms with Gasteiger partial charge in [0.25, 0.3) is 0 Å². The summed E-state index contributed by atoms with van der Waals surface area (Å²) in [4.78, 5) is 17.3. The number of carbonyl (C=O) groups is 1. The molecule has 0 aliphatic rings. The van der Waals surface area contributed by atoms with Crippen molar-refractivity contribution >= 4 is 11.7 Å². The van der Waals surface area contributed by atoms with Gasteiger partial charge in [-0.1, -0.05) is 0 Å². The van der Waals surface area contributed by atoms with Crippen molar-refractivity contribution in [2.45, 2.75) is 20.3 Å². The Hall–Kier alpha value is -1.65. The van der Waals surface area contributed by atoms with Crippen molar-refractivity contribution in [3.63, 3.8) is 0 Å². The first kappa shape index (κ1) is 13.4. The highest BCUT2D eigenvalue weighted by Crippen LogP contribution is 2.03. The van der Waals surface area contributed by atoms with Crippen molar-refractivity contribution in [3.05, 3.63) is 24.1 Å². The van der Waals surface area contributed by atoms with E-state index < -0.39 is 0 Å². The molecule has 17 heavy (non-hydrogen) atoms. The fourth-order valence-electron chi connectivity index (χ4n) is 1.51. The van der Waals surface area contributed by atoms with Crippen LogP contribution in [0.1, 0.15) is 20.3 Å². The molecule has 1 aromatic rings. The van der Waals surface area contributed by atoms with Gasteiger partial charge in [-0.2, -0.15) is 0 Å². The molecule has 94 valence electrons. The summed E-state index contributed by atoms with van der Waals surface area (Å²) in [7, 11) is 0. The van der Waals surface area contributed by atoms with Gasteiger partial charge in [-0.3, -0.25) is 4.79 Å². The van der Waals surface area contributed by atoms with Gasteiger partial charge in [-0.25, -0.2) is 9.37 Å². The molecule has 0 aliphatic carbocycles. The van der Waals surface area contributed by atoms with E-state index in [-0.39, 0.29) is 11.7 Å². The molecule has 0 saturated heterocycles. The number of nitrogens with one attached hydrogen (secondary N) is 1. The fourth-order valence-corrected chi connectivity index (χ4v) is 1.51. The van der Waals surface area contributed by atoms with Gasteiger partial charge in [-0.15, -0.1) is 0 Å². The predicted octanol–water partition coefficient (Wildman–Crippen LogP) is 1.89. The molecule has 0 aliphatic heterocycles. The molecular weight excluding hydrogens is 221 g/mol. The Balaban J connectivity index is 2.32. The zero-order chi connectivity index (χ0) is 12.7. The summed E-state index contributed by atoms with van der Waals surface area (Å²) < 4.78 is 12.6. The standard InChI is InChI=1S/C12H18FN3O/c1-3-16(4-2)12(17)7-8-14-11-6-5-10(13)9-15-11/h5-6,9H,3-4,7-8H2,1-2H3,(H,14,15). The lowest BCUT2D eigenvalue weighted by atomic mass is 10.3. The molecule has 1 aromatic heterocycles. The van der Waals surface area contributed by atoms with Crippen molar-refractivity contribution < 1.29 is 9.18 Å². The van der Waals surface area contributed by atoms with Gasteiger partial charge in [0, 0.05) is 26.1 Å². The Kier molecular flexibility index (Phi) is 5.39. The van der Waals surface area contributed by atoms with Gasteiger partial charge in [-0.05, 0) is 26.0 Å². The number of halogens is 1. The highest BCUT2D eigenvalue weighted by atomic mass is 19.1. The molecule has 4 nitrogen and oxygen atoms in total. The van der Waals surface area contributed by atoms with Crippen molar-refractivity contribution in [1.29, 1.82) is 0 Å². The van der Waals surface area contributed by atoms with Crippen LogP contribution < -0.4 is 5.32 Å². The number of aromatic nitrogens is 1. The Morgan fingerprint density at radius 2 is 2.12 bits per heavy atom. The Morgan fingerprint density at radius 3 is 2.65 bits per heavy atom. The van der Waals surface area contributed by atoms with Crippen LogP contribution in [0.5, 0.6) is 0 Å². The van der Waals surface area contributed by atoms with Crippen molar-refractivity contribution in [3.8, 4) is 0 Å². The smallest absolute Gasteiger partial charge is 0.224 e. The van der Waals surface area contributed by atoms with E-state index in [1.807, 2.05) is 13.8 Å². The predicted molar refractivity (Wildman–Crippen MR) is 65.2 cm³/mol. The first-order chi connectivity index (χ1) is 8.17. The van der Waals surface area contributed by atoms with Crippen LogP contribution in [-0.4, -0.2) is 35.4 Å². The minimum absolute atomic E-state index is 0.115. The van der Waals surface area contributed by atoms with Crippen LogP contribution >= 0.6 is 0 Å². The summed E-state index contributed by atoms with van der Waals surface area (Å²) in [5.74, 6) is 0.332. The molecule has 0 atom stereocenters. The molecule has 1 amide bonds. The van der Waals surface area contributed by atoms with Gasteiger partial charge in [0.05, 0.1) is 6.20 Å². The largest absolute Gasteiger partial charge is 0.370 e. The van der Waals surface area contributed by atoms with Gasteiger partial charge in [0.15, 0.2) is 0 Å². The van der Waals surface area contributed by atoms with Gasteiger partial charge in [0.1, 0.15) is 11.6 Å². The topological polar surface area (TPSA) is 45.2 Å². The summed E-state index contributed by atoms with van der Waals surface area (Å²) in [6.45, 7) is 5.87. The summed E-state index contributed by atoms with van der Waals surface area (Å²) >= 11 is 0. The molecule has 1 heterocycles. The van der Waals surface area contributed by atoms with E-state index in [4.69, 9.17) is 0 Å². The van der Waals surface area contributed by atoms with Crippen LogP contribution in [0.15, 0.2) is 18.3 Å². The van der Waals surface area contributed by atoms with Crippen LogP contribution in [0, 0.1) is 5.82 Å². The number of hydrogen-bond donors (Lipinski definition) is 1. The minimum atomic E-state index is -0.366. The molecular formula is C12H18FN3O. The molecule has 0 bridgehead atoms. The molecule has 0 fully saturated rings. The van der Waals surface area contributed by atoms with Gasteiger partial charge >= 0.3 is 0 Å². The van der Waals surface area contributed by atoms with Crippen LogP contribution in [0.2, 0.25) is 0 Å². The number of amides is 1. The zero-order valence-electron chi connectivity index (χ0n) is 10.2. The SMILES string of the molecule is CCN(CC)C(=O)CCNc1ccc(F)cn1. The lowest BCUT2D eigenvalue weighted by molar-refractivity contribution is -0.130. The maximum Gasteiger partial charge on any atom is 0.224 e. The lowest BCUT2D eigenvalue weighted by Gasteiger charge is -2.18. The average molecular weight is 239 g/mol. The molecule has 0 aromatic carbocycles. The molecule has 0 spiro atoms. The quantitative estimate of drug-likeness (QED) is 0.824. The molecule has 0 saturated carbocycles. The van der Waals surface area contributed by atoms with Gasteiger partial charge < -0.3 is 10.2 Å². The fraction of sp³-hybridized carbons (Fsp3) is 0.500. The maximum atomic E-state index is 12.6. The monoisotopic (exact) mass is 239 g/mol. The second-order valence-electron chi connectivity index (χ2n) is 3.60. The van der Waals surface area contributed by atoms with E-state index in [0.717, 1.165) is 19.3 Å². The van der Waals surface area contributed by atoms with E-state index in [0.29, 0.717) is 18.8 Å². The number of pyridine rings is 1. The van der Waals surface area contributed by atoms with E-state index >= 15 is 0 Å². The molecule has 1 N–H and O–H groups in total. The molecule has 5 heteroatoms. The molecule has 0 unspecified atom stereocenters. The third kappa shape index (κ3) is 4.38. The van der Waals surface area contributed by atoms with Crippen molar-refractivity contribution in [2.24, 2.45) is 0 Å². The summed E-state index contributed by atoms with van der Waals surface area (Å²) in [5, 5.41) is 2.98. The Morgan fingerprint density at radius 1 is 1.41 bits per heavy atom. The molecule has 1 rings (SSSR count). The zero-order valence-corrected chi connectivity index (χ0v) is 10.2. The number of hydrogen-bond acceptors (Lipinski definition) is 3. The maximum absolute atomic E-state index is 12.6. The van der Waals surface area contributed by atoms with Crippen molar-refractivity contribution in [1.82, 2.24) is 9.88 Å². The summed E-state index contributed by atoms with van der Waals surface area (Å²) in [6.07, 6.45) is 1.56. The molecule has 0 radical (unpaired) electrons. The van der Waals surface area contributed by atoms with E-state index in [1.54, 1.807) is 11.0 Å². The van der Waals surface area contributed by atoms with E-state index in [2.05, 4.69) is 10.3 Å². The first-order valence-electron chi connectivity index (χ1n) is 5.80. The van der Waals surface area contributed by atoms with Crippen LogP contribution in [-0.2, 0) is 4.79 Å². The average Bonchev–Trinajstić information content (AvgIpc) is 2.33. The minimum Gasteiger partial charge on any atom is -0.370 e. The van der Waals surface area contributed by atoms with Crippen LogP contribution in [0.3, 0.4) is 0 Å². The van der Waals surface area contributed by atoms with Crippen LogP contribution in [0.25, 0.3) is 0 Å². The third-order valence-electron chi connectivity index (χ3n) is 2.49. The van der Waals surface area contributed by atoms with Gasteiger partial charge in [0.2, 0.25) is 5.91 Å². The van der Waals surface area contributed by atoms with Crippen LogP contribution in [0.4, 0.5) is 10.2 Å². The lowest BCUT2D eigenvalue weighted by Crippen LogP contribution is -2.31. The highest BCUT2D eigenvalue weighted by molar-refractivity contribution is 5.76. The second kappa shape index (κ2) is 6.83. The normalized spacial score (nSPS) is 10.1. The number of anilines is 1. The highest BCUT2D eigenvalue weighted by Gasteiger charge is 2.08. The van der Waals surface area contributed by atoms with E-state index in [1.165, 1.54) is 6.07 Å². The summed E-state index contributed by atoms with van der Waals surface area (Å²) in [5.41, 5.74) is 0. The summed E-state index contributed by atoms with van der Waals surface area (Å²) in [6, 6.07) is 2.89. The number of nitrogens with zero attached hydrogens (tertiary/aromatic N) is 2. The Labute approximate surface area is 101 Å². The van der Waals surface area contributed by atoms with E-state index in [9.17, 15) is 9.18 Å². The number of rotatable bonds is 6. The number of carbonyl (C=O) groups excluding carboxylic acids is 1. The first-order valence-corrected chi connectivity index (χ1v) is 5.80. The third-order valence-corrected chi connectivity index (χ3v) is 2.49.